The van der Waals surface area contributed by atoms with Crippen LogP contribution in [0.1, 0.15) is 19.7 Å². The monoisotopic (exact) mass is 230 g/mol. The van der Waals surface area contributed by atoms with Crippen molar-refractivity contribution < 1.29 is 4.74 Å². The molecule has 0 unspecified atom stereocenters. The lowest BCUT2D eigenvalue weighted by Gasteiger charge is -2.10. The Hall–Kier alpha value is -1.77. The molecule has 0 saturated carbocycles. The normalized spacial score (nSPS) is 10.9. The number of aromatic nitrogens is 2. The Balaban J connectivity index is 2.26. The van der Waals surface area contributed by atoms with Crippen molar-refractivity contribution in [2.24, 2.45) is 7.05 Å². The van der Waals surface area contributed by atoms with E-state index in [-0.39, 0.29) is 6.10 Å². The fraction of sp³-hybridized carbons (Fsp3) is 0.357. The summed E-state index contributed by atoms with van der Waals surface area (Å²) in [5.41, 5.74) is 2.28. The maximum Gasteiger partial charge on any atom is 0.119 e. The van der Waals surface area contributed by atoms with Gasteiger partial charge in [-0.05, 0) is 45.0 Å². The Morgan fingerprint density at radius 2 is 1.82 bits per heavy atom. The molecule has 0 saturated heterocycles. The number of hydrogen-bond donors (Lipinski definition) is 0. The molecule has 3 nitrogen and oxygen atoms in total. The summed E-state index contributed by atoms with van der Waals surface area (Å²) in [5, 5.41) is 0. The van der Waals surface area contributed by atoms with Gasteiger partial charge in [0.25, 0.3) is 0 Å². The first-order valence-electron chi connectivity index (χ1n) is 5.83. The van der Waals surface area contributed by atoms with Crippen molar-refractivity contribution in [2.45, 2.75) is 26.9 Å². The summed E-state index contributed by atoms with van der Waals surface area (Å²) < 4.78 is 7.70. The van der Waals surface area contributed by atoms with Crippen molar-refractivity contribution in [3.8, 4) is 17.0 Å². The molecule has 2 rings (SSSR count). The quantitative estimate of drug-likeness (QED) is 0.809. The van der Waals surface area contributed by atoms with Crippen LogP contribution in [0.15, 0.2) is 30.5 Å². The number of aryl methyl sites for hydroxylation is 1. The largest absolute Gasteiger partial charge is 0.491 e. The second-order valence-corrected chi connectivity index (χ2v) is 4.44. The maximum atomic E-state index is 5.62. The van der Waals surface area contributed by atoms with Gasteiger partial charge in [-0.1, -0.05) is 0 Å². The number of benzene rings is 1. The van der Waals surface area contributed by atoms with E-state index in [1.54, 1.807) is 0 Å². The van der Waals surface area contributed by atoms with Crippen LogP contribution in [0.4, 0.5) is 0 Å². The highest BCUT2D eigenvalue weighted by Crippen LogP contribution is 2.23. The first-order valence-corrected chi connectivity index (χ1v) is 5.83. The molecule has 3 heteroatoms. The summed E-state index contributed by atoms with van der Waals surface area (Å²) in [7, 11) is 2.02. The van der Waals surface area contributed by atoms with Crippen LogP contribution in [0.3, 0.4) is 0 Å². The molecule has 1 aromatic heterocycles. The third-order valence-electron chi connectivity index (χ3n) is 2.74. The summed E-state index contributed by atoms with van der Waals surface area (Å²) in [4.78, 5) is 4.30. The van der Waals surface area contributed by atoms with E-state index in [2.05, 4.69) is 21.7 Å². The van der Waals surface area contributed by atoms with Gasteiger partial charge < -0.3 is 9.30 Å². The van der Waals surface area contributed by atoms with Crippen LogP contribution in [0.2, 0.25) is 0 Å². The zero-order chi connectivity index (χ0) is 12.4. The smallest absolute Gasteiger partial charge is 0.119 e. The molecule has 0 N–H and O–H groups in total. The predicted molar refractivity (Wildman–Crippen MR) is 69.1 cm³/mol. The van der Waals surface area contributed by atoms with Gasteiger partial charge in [0, 0.05) is 12.6 Å². The lowest BCUT2D eigenvalue weighted by Crippen LogP contribution is -2.05. The van der Waals surface area contributed by atoms with Crippen LogP contribution in [0, 0.1) is 6.92 Å². The van der Waals surface area contributed by atoms with Gasteiger partial charge in [0.15, 0.2) is 0 Å². The van der Waals surface area contributed by atoms with Gasteiger partial charge in [-0.25, -0.2) is 4.98 Å². The molecule has 1 aromatic carbocycles. The van der Waals surface area contributed by atoms with Crippen molar-refractivity contribution >= 4 is 0 Å². The van der Waals surface area contributed by atoms with E-state index in [1.807, 2.05) is 46.1 Å². The molecule has 0 atom stereocenters. The molecular weight excluding hydrogens is 212 g/mol. The SMILES string of the molecule is Cc1ncc(-c2ccc(OC(C)C)cc2)n1C. The van der Waals surface area contributed by atoms with Crippen LogP contribution >= 0.6 is 0 Å². The number of imidazole rings is 1. The second kappa shape index (κ2) is 4.62. The molecule has 0 aliphatic heterocycles. The molecule has 0 aliphatic rings. The molecule has 0 spiro atoms. The fourth-order valence-corrected chi connectivity index (χ4v) is 1.75. The lowest BCUT2D eigenvalue weighted by atomic mass is 10.1. The minimum Gasteiger partial charge on any atom is -0.491 e. The molecule has 17 heavy (non-hydrogen) atoms. The third-order valence-corrected chi connectivity index (χ3v) is 2.74. The summed E-state index contributed by atoms with van der Waals surface area (Å²) in [6.45, 7) is 6.05. The first kappa shape index (κ1) is 11.7. The molecular formula is C14H18N2O. The lowest BCUT2D eigenvalue weighted by molar-refractivity contribution is 0.242. The van der Waals surface area contributed by atoms with Crippen LogP contribution in [-0.4, -0.2) is 15.7 Å². The van der Waals surface area contributed by atoms with E-state index in [1.165, 1.54) is 0 Å². The Morgan fingerprint density at radius 3 is 2.29 bits per heavy atom. The second-order valence-electron chi connectivity index (χ2n) is 4.44. The van der Waals surface area contributed by atoms with Crippen molar-refractivity contribution in [3.05, 3.63) is 36.3 Å². The van der Waals surface area contributed by atoms with E-state index >= 15 is 0 Å². The van der Waals surface area contributed by atoms with Crippen molar-refractivity contribution in [3.63, 3.8) is 0 Å². The molecule has 0 bridgehead atoms. The van der Waals surface area contributed by atoms with Gasteiger partial charge in [-0.3, -0.25) is 0 Å². The zero-order valence-corrected chi connectivity index (χ0v) is 10.8. The minimum atomic E-state index is 0.208. The predicted octanol–water partition coefficient (Wildman–Crippen LogP) is 3.18. The van der Waals surface area contributed by atoms with Crippen molar-refractivity contribution in [1.29, 1.82) is 0 Å². The highest BCUT2D eigenvalue weighted by molar-refractivity contribution is 5.60. The molecule has 2 aromatic rings. The fourth-order valence-electron chi connectivity index (χ4n) is 1.75. The molecule has 90 valence electrons. The molecule has 0 radical (unpaired) electrons. The van der Waals surface area contributed by atoms with E-state index in [9.17, 15) is 0 Å². The molecule has 1 heterocycles. The van der Waals surface area contributed by atoms with Gasteiger partial charge in [0.1, 0.15) is 11.6 Å². The van der Waals surface area contributed by atoms with Crippen LogP contribution in [-0.2, 0) is 7.05 Å². The summed E-state index contributed by atoms with van der Waals surface area (Å²) in [5.74, 6) is 1.92. The summed E-state index contributed by atoms with van der Waals surface area (Å²) in [6.07, 6.45) is 2.10. The first-order chi connectivity index (χ1) is 8.08. The van der Waals surface area contributed by atoms with E-state index in [4.69, 9.17) is 4.74 Å². The van der Waals surface area contributed by atoms with Crippen LogP contribution in [0.5, 0.6) is 5.75 Å². The van der Waals surface area contributed by atoms with Gasteiger partial charge >= 0.3 is 0 Å². The summed E-state index contributed by atoms with van der Waals surface area (Å²) in [6, 6.07) is 8.12. The topological polar surface area (TPSA) is 27.1 Å². The van der Waals surface area contributed by atoms with Crippen molar-refractivity contribution in [1.82, 2.24) is 9.55 Å². The Bertz CT molecular complexity index is 497. The Labute approximate surface area is 102 Å². The number of nitrogens with zero attached hydrogens (tertiary/aromatic N) is 2. The van der Waals surface area contributed by atoms with Gasteiger partial charge in [0.05, 0.1) is 18.0 Å². The average molecular weight is 230 g/mol. The summed E-state index contributed by atoms with van der Waals surface area (Å²) >= 11 is 0. The minimum absolute atomic E-state index is 0.208. The standard InChI is InChI=1S/C14H18N2O/c1-10(2)17-13-7-5-12(6-8-13)14-9-15-11(3)16(14)4/h5-10H,1-4H3. The third kappa shape index (κ3) is 2.49. The van der Waals surface area contributed by atoms with Gasteiger partial charge in [-0.2, -0.15) is 0 Å². The molecule has 0 aliphatic carbocycles. The average Bonchev–Trinajstić information content (AvgIpc) is 2.60. The molecule has 0 fully saturated rings. The zero-order valence-electron chi connectivity index (χ0n) is 10.8. The van der Waals surface area contributed by atoms with Crippen LogP contribution in [0.25, 0.3) is 11.3 Å². The Kier molecular flexibility index (Phi) is 3.18. The van der Waals surface area contributed by atoms with Gasteiger partial charge in [0.2, 0.25) is 0 Å². The highest BCUT2D eigenvalue weighted by atomic mass is 16.5. The van der Waals surface area contributed by atoms with Crippen molar-refractivity contribution in [2.75, 3.05) is 0 Å². The van der Waals surface area contributed by atoms with Gasteiger partial charge in [-0.15, -0.1) is 0 Å². The van der Waals surface area contributed by atoms with E-state index in [0.717, 1.165) is 22.8 Å². The number of rotatable bonds is 3. The number of hydrogen-bond acceptors (Lipinski definition) is 2. The van der Waals surface area contributed by atoms with E-state index < -0.39 is 0 Å². The highest BCUT2D eigenvalue weighted by Gasteiger charge is 2.05. The molecule has 0 amide bonds. The van der Waals surface area contributed by atoms with Crippen LogP contribution < -0.4 is 4.74 Å². The number of ether oxygens (including phenoxy) is 1. The Morgan fingerprint density at radius 1 is 1.18 bits per heavy atom. The maximum absolute atomic E-state index is 5.62. The van der Waals surface area contributed by atoms with E-state index in [0.29, 0.717) is 0 Å².